The maximum Gasteiger partial charge on any atom is 0.242 e. The summed E-state index contributed by atoms with van der Waals surface area (Å²) in [6.45, 7) is 1.19. The van der Waals surface area contributed by atoms with Crippen molar-refractivity contribution < 1.29 is 14.4 Å². The molecule has 7 heteroatoms. The van der Waals surface area contributed by atoms with Crippen molar-refractivity contribution >= 4 is 17.7 Å². The topological polar surface area (TPSA) is 113 Å². The number of hydrogen-bond donors (Lipinski definition) is 4. The van der Waals surface area contributed by atoms with Crippen molar-refractivity contribution in [1.29, 1.82) is 0 Å². The van der Waals surface area contributed by atoms with Gasteiger partial charge in [0.05, 0.1) is 13.1 Å². The lowest BCUT2D eigenvalue weighted by Gasteiger charge is -2.12. The van der Waals surface area contributed by atoms with Crippen LogP contribution in [0, 0.1) is 0 Å². The van der Waals surface area contributed by atoms with Crippen LogP contribution in [0.5, 0.6) is 0 Å². The van der Waals surface area contributed by atoms with E-state index < -0.39 is 17.9 Å². The van der Waals surface area contributed by atoms with Crippen molar-refractivity contribution in [3.05, 3.63) is 0 Å². The summed E-state index contributed by atoms with van der Waals surface area (Å²) in [6, 6.07) is -0.628. The van der Waals surface area contributed by atoms with Gasteiger partial charge in [-0.15, -0.1) is 0 Å². The van der Waals surface area contributed by atoms with Crippen molar-refractivity contribution in [2.45, 2.75) is 13.0 Å². The highest BCUT2D eigenvalue weighted by Gasteiger charge is 2.13. The van der Waals surface area contributed by atoms with Gasteiger partial charge in [-0.25, -0.2) is 0 Å². The summed E-state index contributed by atoms with van der Waals surface area (Å²) < 4.78 is 0. The number of carbonyl (C=O) groups excluding carboxylic acids is 3. The van der Waals surface area contributed by atoms with E-state index in [1.807, 2.05) is 0 Å². The third-order valence-electron chi connectivity index (χ3n) is 1.65. The van der Waals surface area contributed by atoms with Gasteiger partial charge >= 0.3 is 0 Å². The molecule has 1 atom stereocenters. The van der Waals surface area contributed by atoms with E-state index >= 15 is 0 Å². The Morgan fingerprint density at radius 2 is 1.87 bits per heavy atom. The summed E-state index contributed by atoms with van der Waals surface area (Å²) in [7, 11) is 1.47. The fourth-order valence-corrected chi connectivity index (χ4v) is 0.826. The largest absolute Gasteiger partial charge is 0.357 e. The first-order chi connectivity index (χ1) is 7.01. The summed E-state index contributed by atoms with van der Waals surface area (Å²) >= 11 is 0. The lowest BCUT2D eigenvalue weighted by atomic mass is 10.3. The van der Waals surface area contributed by atoms with Crippen LogP contribution >= 0.6 is 0 Å². The van der Waals surface area contributed by atoms with E-state index in [1.54, 1.807) is 6.92 Å². The second kappa shape index (κ2) is 6.77. The molecule has 0 rings (SSSR count). The molecule has 0 aliphatic heterocycles. The monoisotopic (exact) mass is 216 g/mol. The molecule has 0 aliphatic rings. The zero-order valence-corrected chi connectivity index (χ0v) is 8.79. The second-order valence-electron chi connectivity index (χ2n) is 2.88. The van der Waals surface area contributed by atoms with E-state index in [0.29, 0.717) is 0 Å². The zero-order valence-electron chi connectivity index (χ0n) is 8.79. The third-order valence-corrected chi connectivity index (χ3v) is 1.65. The predicted molar refractivity (Wildman–Crippen MR) is 53.7 cm³/mol. The van der Waals surface area contributed by atoms with Crippen molar-refractivity contribution in [3.63, 3.8) is 0 Å². The van der Waals surface area contributed by atoms with Crippen LogP contribution in [0.1, 0.15) is 6.92 Å². The highest BCUT2D eigenvalue weighted by molar-refractivity contribution is 5.89. The Hall–Kier alpha value is -1.63. The fourth-order valence-electron chi connectivity index (χ4n) is 0.826. The van der Waals surface area contributed by atoms with Crippen LogP contribution in [0.2, 0.25) is 0 Å². The first-order valence-electron chi connectivity index (χ1n) is 4.49. The Labute approximate surface area is 87.8 Å². The molecule has 0 spiro atoms. The fraction of sp³-hybridized carbons (Fsp3) is 0.625. The van der Waals surface area contributed by atoms with Crippen LogP contribution in [0.3, 0.4) is 0 Å². The molecule has 0 fully saturated rings. The van der Waals surface area contributed by atoms with Gasteiger partial charge in [-0.3, -0.25) is 14.4 Å². The van der Waals surface area contributed by atoms with Gasteiger partial charge in [-0.05, 0) is 6.92 Å². The van der Waals surface area contributed by atoms with E-state index in [0.717, 1.165) is 0 Å². The Morgan fingerprint density at radius 1 is 1.27 bits per heavy atom. The summed E-state index contributed by atoms with van der Waals surface area (Å²) in [5, 5.41) is 7.08. The van der Waals surface area contributed by atoms with Crippen molar-refractivity contribution in [2.75, 3.05) is 20.1 Å². The molecule has 3 amide bonds. The summed E-state index contributed by atoms with van der Waals surface area (Å²) in [5.74, 6) is -1.15. The van der Waals surface area contributed by atoms with Crippen LogP contribution in [-0.4, -0.2) is 43.9 Å². The first kappa shape index (κ1) is 13.4. The van der Waals surface area contributed by atoms with Crippen LogP contribution in [0.25, 0.3) is 0 Å². The van der Waals surface area contributed by atoms with Crippen LogP contribution < -0.4 is 21.7 Å². The normalized spacial score (nSPS) is 11.4. The van der Waals surface area contributed by atoms with Gasteiger partial charge in [0.15, 0.2) is 0 Å². The predicted octanol–water partition coefficient (Wildman–Crippen LogP) is -2.69. The van der Waals surface area contributed by atoms with Gasteiger partial charge in [-0.1, -0.05) is 0 Å². The van der Waals surface area contributed by atoms with E-state index in [2.05, 4.69) is 16.0 Å². The van der Waals surface area contributed by atoms with Crippen molar-refractivity contribution in [2.24, 2.45) is 5.73 Å². The molecule has 0 aromatic carbocycles. The number of carbonyl (C=O) groups is 3. The smallest absolute Gasteiger partial charge is 0.242 e. The quantitative estimate of drug-likeness (QED) is 0.401. The number of amides is 3. The highest BCUT2D eigenvalue weighted by Crippen LogP contribution is 1.80. The molecule has 5 N–H and O–H groups in total. The minimum absolute atomic E-state index is 0.168. The molecule has 15 heavy (non-hydrogen) atoms. The first-order valence-corrected chi connectivity index (χ1v) is 4.49. The third kappa shape index (κ3) is 5.63. The second-order valence-corrected chi connectivity index (χ2v) is 2.88. The van der Waals surface area contributed by atoms with Gasteiger partial charge in [0.25, 0.3) is 0 Å². The minimum Gasteiger partial charge on any atom is -0.357 e. The van der Waals surface area contributed by atoms with Gasteiger partial charge in [0, 0.05) is 7.05 Å². The lowest BCUT2D eigenvalue weighted by Crippen LogP contribution is -2.47. The van der Waals surface area contributed by atoms with Gasteiger partial charge in [0.1, 0.15) is 6.04 Å². The Kier molecular flexibility index (Phi) is 6.03. The molecule has 0 saturated heterocycles. The molecular weight excluding hydrogens is 200 g/mol. The lowest BCUT2D eigenvalue weighted by molar-refractivity contribution is -0.129. The average molecular weight is 216 g/mol. The molecular formula is C8H16N4O3. The number of rotatable bonds is 5. The number of nitrogens with two attached hydrogens (primary N) is 1. The minimum atomic E-state index is -0.628. The Balaban J connectivity index is 3.83. The molecule has 86 valence electrons. The van der Waals surface area contributed by atoms with Crippen LogP contribution in [0.4, 0.5) is 0 Å². The van der Waals surface area contributed by atoms with E-state index in [9.17, 15) is 14.4 Å². The molecule has 0 aromatic rings. The molecule has 0 heterocycles. The van der Waals surface area contributed by atoms with Crippen molar-refractivity contribution in [1.82, 2.24) is 16.0 Å². The van der Waals surface area contributed by atoms with Gasteiger partial charge in [-0.2, -0.15) is 0 Å². The molecule has 1 unspecified atom stereocenters. The maximum atomic E-state index is 11.1. The summed E-state index contributed by atoms with van der Waals surface area (Å²) in [4.78, 5) is 32.9. The van der Waals surface area contributed by atoms with E-state index in [-0.39, 0.29) is 19.0 Å². The molecule has 0 bridgehead atoms. The number of likely N-dealkylation sites (N-methyl/N-ethyl adjacent to an activating group) is 1. The van der Waals surface area contributed by atoms with Crippen LogP contribution in [-0.2, 0) is 14.4 Å². The molecule has 0 radical (unpaired) electrons. The van der Waals surface area contributed by atoms with E-state index in [4.69, 9.17) is 5.73 Å². The summed E-state index contributed by atoms with van der Waals surface area (Å²) in [5.41, 5.74) is 5.02. The number of nitrogens with one attached hydrogen (secondary N) is 3. The zero-order chi connectivity index (χ0) is 11.8. The summed E-state index contributed by atoms with van der Waals surface area (Å²) in [6.07, 6.45) is 0. The van der Waals surface area contributed by atoms with Crippen molar-refractivity contribution in [3.8, 4) is 0 Å². The standard InChI is InChI=1S/C8H16N4O3/c1-5(8(15)10-2)12-7(14)4-11-6(13)3-9/h5H,3-4,9H2,1-2H3,(H,10,15)(H,11,13)(H,12,14). The Bertz CT molecular complexity index is 254. The Morgan fingerprint density at radius 3 is 2.33 bits per heavy atom. The molecule has 0 saturated carbocycles. The van der Waals surface area contributed by atoms with E-state index in [1.165, 1.54) is 7.05 Å². The van der Waals surface area contributed by atoms with Gasteiger partial charge < -0.3 is 21.7 Å². The molecule has 7 nitrogen and oxygen atoms in total. The maximum absolute atomic E-state index is 11.1. The SMILES string of the molecule is CNC(=O)C(C)NC(=O)CNC(=O)CN. The average Bonchev–Trinajstić information content (AvgIpc) is 2.24. The number of hydrogen-bond acceptors (Lipinski definition) is 4. The van der Waals surface area contributed by atoms with Gasteiger partial charge in [0.2, 0.25) is 17.7 Å². The van der Waals surface area contributed by atoms with Crippen LogP contribution in [0.15, 0.2) is 0 Å². The molecule has 0 aliphatic carbocycles. The molecule has 0 aromatic heterocycles. The highest BCUT2D eigenvalue weighted by atomic mass is 16.2.